The van der Waals surface area contributed by atoms with Gasteiger partial charge in [-0.05, 0) is 31.8 Å². The van der Waals surface area contributed by atoms with Gasteiger partial charge in [0, 0.05) is 19.6 Å². The fourth-order valence-electron chi connectivity index (χ4n) is 2.87. The number of hydrogen-bond acceptors (Lipinski definition) is 3. The average molecular weight is 269 g/mol. The maximum Gasteiger partial charge on any atom is 0.236 e. The molecule has 0 aromatic rings. The molecule has 1 amide bonds. The highest BCUT2D eigenvalue weighted by Crippen LogP contribution is 2.22. The summed E-state index contributed by atoms with van der Waals surface area (Å²) in [6, 6.07) is 0.456. The molecule has 4 nitrogen and oxygen atoms in total. The molecule has 0 heterocycles. The number of likely N-dealkylation sites (N-methyl/N-ethyl adjacent to an activating group) is 2. The Labute approximate surface area is 118 Å². The van der Waals surface area contributed by atoms with Gasteiger partial charge in [-0.3, -0.25) is 9.69 Å². The molecule has 112 valence electrons. The van der Waals surface area contributed by atoms with Gasteiger partial charge in [-0.2, -0.15) is 0 Å². The Kier molecular flexibility index (Phi) is 6.27. The standard InChI is InChI=1S/C15H31N3O/c1-15(2,11-16)12-17(3)10-14(19)18(4)13-8-6-5-7-9-13/h13H,5-12,16H2,1-4H3. The second kappa shape index (κ2) is 7.25. The summed E-state index contributed by atoms with van der Waals surface area (Å²) >= 11 is 0. The van der Waals surface area contributed by atoms with Crippen molar-refractivity contribution < 1.29 is 4.79 Å². The van der Waals surface area contributed by atoms with Crippen LogP contribution in [-0.2, 0) is 4.79 Å². The van der Waals surface area contributed by atoms with Crippen LogP contribution in [0.5, 0.6) is 0 Å². The summed E-state index contributed by atoms with van der Waals surface area (Å²) in [4.78, 5) is 16.3. The molecule has 1 fully saturated rings. The van der Waals surface area contributed by atoms with Crippen molar-refractivity contribution in [1.82, 2.24) is 9.80 Å². The molecule has 0 saturated heterocycles. The number of rotatable bonds is 6. The Morgan fingerprint density at radius 3 is 2.32 bits per heavy atom. The molecule has 0 aliphatic heterocycles. The van der Waals surface area contributed by atoms with Gasteiger partial charge in [0.05, 0.1) is 6.54 Å². The number of carbonyl (C=O) groups excluding carboxylic acids is 1. The molecule has 1 aliphatic rings. The highest BCUT2D eigenvalue weighted by molar-refractivity contribution is 5.78. The minimum Gasteiger partial charge on any atom is -0.342 e. The van der Waals surface area contributed by atoms with Gasteiger partial charge in [-0.25, -0.2) is 0 Å². The van der Waals surface area contributed by atoms with Crippen LogP contribution in [0.4, 0.5) is 0 Å². The van der Waals surface area contributed by atoms with Gasteiger partial charge in [0.15, 0.2) is 0 Å². The van der Waals surface area contributed by atoms with E-state index in [1.54, 1.807) is 0 Å². The first-order chi connectivity index (χ1) is 8.85. The van der Waals surface area contributed by atoms with E-state index in [1.165, 1.54) is 32.1 Å². The van der Waals surface area contributed by atoms with E-state index in [4.69, 9.17) is 5.73 Å². The van der Waals surface area contributed by atoms with E-state index >= 15 is 0 Å². The van der Waals surface area contributed by atoms with Crippen LogP contribution in [0.3, 0.4) is 0 Å². The van der Waals surface area contributed by atoms with Crippen molar-refractivity contribution in [2.75, 3.05) is 33.7 Å². The Hall–Kier alpha value is -0.610. The Morgan fingerprint density at radius 2 is 1.79 bits per heavy atom. The van der Waals surface area contributed by atoms with E-state index in [1.807, 2.05) is 19.0 Å². The first-order valence-electron chi connectivity index (χ1n) is 7.50. The quantitative estimate of drug-likeness (QED) is 0.798. The number of nitrogens with two attached hydrogens (primary N) is 1. The van der Waals surface area contributed by atoms with Gasteiger partial charge in [-0.1, -0.05) is 33.1 Å². The SMILES string of the molecule is CN(CC(=O)N(C)C1CCCCC1)CC(C)(C)CN. The van der Waals surface area contributed by atoms with E-state index in [2.05, 4.69) is 18.7 Å². The fourth-order valence-corrected chi connectivity index (χ4v) is 2.87. The van der Waals surface area contributed by atoms with Crippen LogP contribution in [-0.4, -0.2) is 55.5 Å². The summed E-state index contributed by atoms with van der Waals surface area (Å²) < 4.78 is 0. The molecule has 1 rings (SSSR count). The number of carbonyl (C=O) groups is 1. The molecule has 0 aromatic carbocycles. The summed E-state index contributed by atoms with van der Waals surface area (Å²) in [5.41, 5.74) is 5.81. The molecule has 4 heteroatoms. The van der Waals surface area contributed by atoms with Crippen LogP contribution in [0.25, 0.3) is 0 Å². The summed E-state index contributed by atoms with van der Waals surface area (Å²) in [5.74, 6) is 0.238. The van der Waals surface area contributed by atoms with Crippen LogP contribution < -0.4 is 5.73 Å². The maximum atomic E-state index is 12.3. The molecular weight excluding hydrogens is 238 g/mol. The van der Waals surface area contributed by atoms with Gasteiger partial charge in [-0.15, -0.1) is 0 Å². The van der Waals surface area contributed by atoms with Crippen LogP contribution in [0, 0.1) is 5.41 Å². The Balaban J connectivity index is 2.40. The molecule has 19 heavy (non-hydrogen) atoms. The van der Waals surface area contributed by atoms with Crippen LogP contribution in [0.15, 0.2) is 0 Å². The van der Waals surface area contributed by atoms with Crippen molar-refractivity contribution in [3.8, 4) is 0 Å². The second-order valence-electron chi connectivity index (χ2n) is 6.84. The molecular formula is C15H31N3O. The minimum atomic E-state index is 0.0679. The molecule has 0 spiro atoms. The van der Waals surface area contributed by atoms with Crippen molar-refractivity contribution in [2.45, 2.75) is 52.0 Å². The van der Waals surface area contributed by atoms with Gasteiger partial charge >= 0.3 is 0 Å². The van der Waals surface area contributed by atoms with Crippen molar-refractivity contribution in [1.29, 1.82) is 0 Å². The van der Waals surface area contributed by atoms with Gasteiger partial charge in [0.1, 0.15) is 0 Å². The van der Waals surface area contributed by atoms with Gasteiger partial charge < -0.3 is 10.6 Å². The molecule has 0 aromatic heterocycles. The molecule has 2 N–H and O–H groups in total. The summed E-state index contributed by atoms with van der Waals surface area (Å²) in [7, 11) is 3.96. The van der Waals surface area contributed by atoms with Crippen molar-refractivity contribution in [3.05, 3.63) is 0 Å². The molecule has 0 bridgehead atoms. The van der Waals surface area contributed by atoms with E-state index in [0.29, 0.717) is 19.1 Å². The lowest BCUT2D eigenvalue weighted by Crippen LogP contribution is -2.45. The molecule has 0 unspecified atom stereocenters. The number of hydrogen-bond donors (Lipinski definition) is 1. The first-order valence-corrected chi connectivity index (χ1v) is 7.50. The lowest BCUT2D eigenvalue weighted by Gasteiger charge is -2.34. The van der Waals surface area contributed by atoms with Crippen LogP contribution in [0.2, 0.25) is 0 Å². The molecule has 0 atom stereocenters. The Bertz CT molecular complexity index is 285. The van der Waals surface area contributed by atoms with E-state index in [9.17, 15) is 4.79 Å². The zero-order chi connectivity index (χ0) is 14.5. The second-order valence-corrected chi connectivity index (χ2v) is 6.84. The minimum absolute atomic E-state index is 0.0679. The highest BCUT2D eigenvalue weighted by atomic mass is 16.2. The lowest BCUT2D eigenvalue weighted by molar-refractivity contribution is -0.133. The van der Waals surface area contributed by atoms with Gasteiger partial charge in [0.2, 0.25) is 5.91 Å². The average Bonchev–Trinajstić information content (AvgIpc) is 2.38. The summed E-state index contributed by atoms with van der Waals surface area (Å²) in [5, 5.41) is 0. The van der Waals surface area contributed by atoms with Crippen LogP contribution in [0.1, 0.15) is 46.0 Å². The largest absolute Gasteiger partial charge is 0.342 e. The van der Waals surface area contributed by atoms with E-state index in [0.717, 1.165) is 6.54 Å². The fraction of sp³-hybridized carbons (Fsp3) is 0.933. The van der Waals surface area contributed by atoms with Crippen molar-refractivity contribution in [3.63, 3.8) is 0 Å². The van der Waals surface area contributed by atoms with E-state index in [-0.39, 0.29) is 11.3 Å². The predicted octanol–water partition coefficient (Wildman–Crippen LogP) is 1.69. The highest BCUT2D eigenvalue weighted by Gasteiger charge is 2.24. The molecule has 0 radical (unpaired) electrons. The summed E-state index contributed by atoms with van der Waals surface area (Å²) in [6.45, 7) is 6.27. The smallest absolute Gasteiger partial charge is 0.236 e. The molecule has 1 saturated carbocycles. The number of nitrogens with zero attached hydrogens (tertiary/aromatic N) is 2. The van der Waals surface area contributed by atoms with E-state index < -0.39 is 0 Å². The third-order valence-electron chi connectivity index (χ3n) is 4.17. The third-order valence-corrected chi connectivity index (χ3v) is 4.17. The lowest BCUT2D eigenvalue weighted by atomic mass is 9.93. The predicted molar refractivity (Wildman–Crippen MR) is 80.0 cm³/mol. The maximum absolute atomic E-state index is 12.3. The van der Waals surface area contributed by atoms with Gasteiger partial charge in [0.25, 0.3) is 0 Å². The topological polar surface area (TPSA) is 49.6 Å². The van der Waals surface area contributed by atoms with Crippen molar-refractivity contribution in [2.24, 2.45) is 11.1 Å². The summed E-state index contributed by atoms with van der Waals surface area (Å²) in [6.07, 6.45) is 6.18. The zero-order valence-corrected chi connectivity index (χ0v) is 13.1. The normalized spacial score (nSPS) is 17.8. The monoisotopic (exact) mass is 269 g/mol. The third kappa shape index (κ3) is 5.49. The van der Waals surface area contributed by atoms with Crippen LogP contribution >= 0.6 is 0 Å². The number of amides is 1. The molecule has 1 aliphatic carbocycles. The van der Waals surface area contributed by atoms with Crippen molar-refractivity contribution >= 4 is 5.91 Å². The first kappa shape index (κ1) is 16.4. The Morgan fingerprint density at radius 1 is 1.21 bits per heavy atom. The zero-order valence-electron chi connectivity index (χ0n) is 13.1.